The molecule has 0 fully saturated rings. The van der Waals surface area contributed by atoms with Crippen molar-refractivity contribution in [2.24, 2.45) is 0 Å². The second-order valence-electron chi connectivity index (χ2n) is 6.78. The standard InChI is InChI=1S/C19H13F4N9O2/c20-18(21)33-10-2-3-14(34-19(22)23)11(6-10)17-12(8-31(28-17)9-15-25-29-30-26-15)13-7-16-24-4-1-5-32(16)27-13/h1-8,18-19H,9H2,(H,25,26,29,30). The molecule has 0 amide bonds. The van der Waals surface area contributed by atoms with Crippen molar-refractivity contribution in [1.29, 1.82) is 0 Å². The summed E-state index contributed by atoms with van der Waals surface area (Å²) in [6.07, 6.45) is 4.85. The zero-order chi connectivity index (χ0) is 23.7. The Kier molecular flexibility index (Phi) is 5.49. The Morgan fingerprint density at radius 1 is 1.00 bits per heavy atom. The molecule has 1 aromatic carbocycles. The molecule has 0 saturated heterocycles. The van der Waals surface area contributed by atoms with Gasteiger partial charge in [0.25, 0.3) is 0 Å². The molecule has 0 aliphatic heterocycles. The Morgan fingerprint density at radius 3 is 2.59 bits per heavy atom. The van der Waals surface area contributed by atoms with E-state index < -0.39 is 13.2 Å². The van der Waals surface area contributed by atoms with Crippen LogP contribution in [0.25, 0.3) is 28.2 Å². The molecule has 5 aromatic rings. The van der Waals surface area contributed by atoms with Crippen LogP contribution in [0.2, 0.25) is 0 Å². The Balaban J connectivity index is 1.68. The molecule has 0 unspecified atom stereocenters. The second kappa shape index (κ2) is 8.76. The van der Waals surface area contributed by atoms with Crippen LogP contribution in [0.5, 0.6) is 11.5 Å². The first kappa shape index (κ1) is 21.3. The fourth-order valence-corrected chi connectivity index (χ4v) is 3.31. The van der Waals surface area contributed by atoms with Gasteiger partial charge >= 0.3 is 13.2 Å². The van der Waals surface area contributed by atoms with Crippen molar-refractivity contribution >= 4 is 5.65 Å². The third-order valence-corrected chi connectivity index (χ3v) is 4.61. The smallest absolute Gasteiger partial charge is 0.387 e. The van der Waals surface area contributed by atoms with Gasteiger partial charge in [0.15, 0.2) is 11.5 Å². The number of halogens is 4. The van der Waals surface area contributed by atoms with Crippen molar-refractivity contribution < 1.29 is 27.0 Å². The number of benzene rings is 1. The van der Waals surface area contributed by atoms with E-state index in [1.54, 1.807) is 30.7 Å². The number of aromatic amines is 1. The van der Waals surface area contributed by atoms with Crippen molar-refractivity contribution in [3.63, 3.8) is 0 Å². The van der Waals surface area contributed by atoms with Crippen LogP contribution in [0.15, 0.2) is 48.9 Å². The van der Waals surface area contributed by atoms with Crippen molar-refractivity contribution in [3.05, 3.63) is 54.7 Å². The molecule has 1 N–H and O–H groups in total. The molecular weight excluding hydrogens is 462 g/mol. The maximum atomic E-state index is 13.1. The lowest BCUT2D eigenvalue weighted by atomic mass is 10.0. The average Bonchev–Trinajstić information content (AvgIpc) is 3.53. The summed E-state index contributed by atoms with van der Waals surface area (Å²) in [4.78, 5) is 4.21. The predicted molar refractivity (Wildman–Crippen MR) is 106 cm³/mol. The molecule has 0 atom stereocenters. The fraction of sp³-hybridized carbons (Fsp3) is 0.158. The summed E-state index contributed by atoms with van der Waals surface area (Å²) in [6, 6.07) is 6.68. The van der Waals surface area contributed by atoms with Gasteiger partial charge in [-0.2, -0.15) is 33.0 Å². The number of rotatable bonds is 8. The Hall–Kier alpha value is -4.56. The van der Waals surface area contributed by atoms with Gasteiger partial charge in [-0.3, -0.25) is 4.68 Å². The Morgan fingerprint density at radius 2 is 1.85 bits per heavy atom. The van der Waals surface area contributed by atoms with E-state index in [1.807, 2.05) is 0 Å². The summed E-state index contributed by atoms with van der Waals surface area (Å²) in [5.41, 5.74) is 1.43. The molecular formula is C19H13F4N9O2. The van der Waals surface area contributed by atoms with Crippen LogP contribution in [0, 0.1) is 0 Å². The molecule has 34 heavy (non-hydrogen) atoms. The highest BCUT2D eigenvalue weighted by Crippen LogP contribution is 2.39. The van der Waals surface area contributed by atoms with Gasteiger partial charge in [0.2, 0.25) is 0 Å². The molecule has 174 valence electrons. The van der Waals surface area contributed by atoms with Crippen LogP contribution in [-0.4, -0.2) is 58.2 Å². The van der Waals surface area contributed by atoms with E-state index in [0.717, 1.165) is 18.2 Å². The van der Waals surface area contributed by atoms with Gasteiger partial charge < -0.3 is 9.47 Å². The number of tetrazole rings is 1. The van der Waals surface area contributed by atoms with Gasteiger partial charge in [0.05, 0.1) is 5.69 Å². The number of ether oxygens (including phenoxy) is 2. The highest BCUT2D eigenvalue weighted by atomic mass is 19.3. The van der Waals surface area contributed by atoms with E-state index in [9.17, 15) is 17.6 Å². The number of nitrogens with one attached hydrogen (secondary N) is 1. The van der Waals surface area contributed by atoms with Crippen LogP contribution in [0.4, 0.5) is 17.6 Å². The molecule has 4 heterocycles. The lowest BCUT2D eigenvalue weighted by molar-refractivity contribution is -0.0526. The van der Waals surface area contributed by atoms with Crippen molar-refractivity contribution in [3.8, 4) is 34.0 Å². The summed E-state index contributed by atoms with van der Waals surface area (Å²) in [5.74, 6) is -0.248. The van der Waals surface area contributed by atoms with Crippen LogP contribution in [0.1, 0.15) is 5.82 Å². The molecule has 0 bridgehead atoms. The molecule has 11 nitrogen and oxygen atoms in total. The topological polar surface area (TPSA) is 121 Å². The van der Waals surface area contributed by atoms with Gasteiger partial charge in [-0.25, -0.2) is 9.50 Å². The normalized spacial score (nSPS) is 11.6. The van der Waals surface area contributed by atoms with E-state index >= 15 is 0 Å². The molecule has 4 aromatic heterocycles. The minimum atomic E-state index is -3.16. The van der Waals surface area contributed by atoms with Gasteiger partial charge in [0, 0.05) is 35.8 Å². The summed E-state index contributed by atoms with van der Waals surface area (Å²) in [5, 5.41) is 22.4. The van der Waals surface area contributed by atoms with E-state index in [-0.39, 0.29) is 29.3 Å². The number of hydrogen-bond donors (Lipinski definition) is 1. The summed E-state index contributed by atoms with van der Waals surface area (Å²) in [7, 11) is 0. The number of hydrogen-bond acceptors (Lipinski definition) is 8. The van der Waals surface area contributed by atoms with Crippen LogP contribution >= 0.6 is 0 Å². The largest absolute Gasteiger partial charge is 0.435 e. The van der Waals surface area contributed by atoms with E-state index in [1.165, 1.54) is 9.20 Å². The second-order valence-corrected chi connectivity index (χ2v) is 6.78. The minimum Gasteiger partial charge on any atom is -0.435 e. The lowest BCUT2D eigenvalue weighted by Crippen LogP contribution is -2.06. The van der Waals surface area contributed by atoms with Crippen molar-refractivity contribution in [2.45, 2.75) is 19.8 Å². The van der Waals surface area contributed by atoms with Gasteiger partial charge in [0.1, 0.15) is 23.7 Å². The maximum Gasteiger partial charge on any atom is 0.387 e. The van der Waals surface area contributed by atoms with Gasteiger partial charge in [-0.15, -0.1) is 10.2 Å². The van der Waals surface area contributed by atoms with Gasteiger partial charge in [-0.05, 0) is 24.3 Å². The zero-order valence-corrected chi connectivity index (χ0v) is 16.9. The third kappa shape index (κ3) is 4.35. The zero-order valence-electron chi connectivity index (χ0n) is 16.9. The molecule has 0 saturated carbocycles. The SMILES string of the molecule is FC(F)Oc1ccc(OC(F)F)c(-c2nn(Cc3nn[nH]n3)cc2-c2cc3ncccn3n2)c1. The first-order chi connectivity index (χ1) is 16.5. The monoisotopic (exact) mass is 475 g/mol. The van der Waals surface area contributed by atoms with Crippen molar-refractivity contribution in [1.82, 2.24) is 45.0 Å². The van der Waals surface area contributed by atoms with Crippen LogP contribution < -0.4 is 9.47 Å². The molecule has 15 heteroatoms. The minimum absolute atomic E-state index is 0.00896. The number of nitrogens with zero attached hydrogens (tertiary/aromatic N) is 8. The number of H-pyrrole nitrogens is 1. The summed E-state index contributed by atoms with van der Waals surface area (Å²) in [6.45, 7) is -6.20. The molecule has 0 aliphatic carbocycles. The fourth-order valence-electron chi connectivity index (χ4n) is 3.31. The van der Waals surface area contributed by atoms with E-state index in [0.29, 0.717) is 22.7 Å². The summed E-state index contributed by atoms with van der Waals surface area (Å²) < 4.78 is 63.8. The first-order valence-electron chi connectivity index (χ1n) is 9.61. The molecule has 0 radical (unpaired) electrons. The number of aromatic nitrogens is 9. The predicted octanol–water partition coefficient (Wildman–Crippen LogP) is 3.02. The highest BCUT2D eigenvalue weighted by Gasteiger charge is 2.23. The molecule has 5 rings (SSSR count). The van der Waals surface area contributed by atoms with Crippen molar-refractivity contribution in [2.75, 3.05) is 0 Å². The lowest BCUT2D eigenvalue weighted by Gasteiger charge is -2.12. The average molecular weight is 475 g/mol. The van der Waals surface area contributed by atoms with Crippen LogP contribution in [0.3, 0.4) is 0 Å². The quantitative estimate of drug-likeness (QED) is 0.340. The van der Waals surface area contributed by atoms with E-state index in [2.05, 4.69) is 45.3 Å². The Labute approximate surface area is 186 Å². The number of alkyl halides is 4. The number of fused-ring (bicyclic) bond motifs is 1. The van der Waals surface area contributed by atoms with Crippen LogP contribution in [-0.2, 0) is 6.54 Å². The third-order valence-electron chi connectivity index (χ3n) is 4.61. The maximum absolute atomic E-state index is 13.1. The Bertz CT molecular complexity index is 1390. The summed E-state index contributed by atoms with van der Waals surface area (Å²) >= 11 is 0. The van der Waals surface area contributed by atoms with Gasteiger partial charge in [-0.1, -0.05) is 5.21 Å². The molecule has 0 spiro atoms. The molecule has 0 aliphatic rings. The highest BCUT2D eigenvalue weighted by molar-refractivity contribution is 5.83. The first-order valence-corrected chi connectivity index (χ1v) is 9.61. The van der Waals surface area contributed by atoms with E-state index in [4.69, 9.17) is 0 Å².